The van der Waals surface area contributed by atoms with E-state index in [1.54, 1.807) is 17.8 Å². The molecule has 11 heteroatoms. The zero-order chi connectivity index (χ0) is 21.8. The maximum atomic E-state index is 13.4. The fourth-order valence-corrected chi connectivity index (χ4v) is 4.34. The lowest BCUT2D eigenvalue weighted by Gasteiger charge is -2.07. The lowest BCUT2D eigenvalue weighted by Crippen LogP contribution is -2.14. The van der Waals surface area contributed by atoms with Crippen LogP contribution in [0.3, 0.4) is 0 Å². The van der Waals surface area contributed by atoms with Gasteiger partial charge in [-0.25, -0.2) is 13.8 Å². The maximum Gasteiger partial charge on any atom is 0.236 e. The molecular weight excluding hydrogens is 442 g/mol. The molecule has 31 heavy (non-hydrogen) atoms. The summed E-state index contributed by atoms with van der Waals surface area (Å²) in [5.41, 5.74) is 1.79. The first-order valence-electron chi connectivity index (χ1n) is 9.22. The number of rotatable bonds is 7. The highest BCUT2D eigenvalue weighted by atomic mass is 32.2. The van der Waals surface area contributed by atoms with Crippen LogP contribution in [0.4, 0.5) is 13.9 Å². The minimum atomic E-state index is -0.946. The fraction of sp³-hybridized carbons (Fsp3) is 0.150. The molecular formula is C20H16F2N6OS2. The highest BCUT2D eigenvalue weighted by Gasteiger charge is 2.15. The molecule has 0 fully saturated rings. The monoisotopic (exact) mass is 458 g/mol. The number of hydrogen-bond acceptors (Lipinski definition) is 7. The molecule has 0 aliphatic rings. The SMILES string of the molecule is CCn1c(SCC(=O)Nc2nc(-c3ccc(F)c(F)c3)cs2)nnc1-c1ccncc1. The number of aromatic nitrogens is 5. The number of halogens is 2. The molecule has 0 unspecified atom stereocenters. The minimum absolute atomic E-state index is 0.120. The summed E-state index contributed by atoms with van der Waals surface area (Å²) in [6, 6.07) is 7.26. The van der Waals surface area contributed by atoms with Gasteiger partial charge in [0.05, 0.1) is 11.4 Å². The van der Waals surface area contributed by atoms with E-state index in [2.05, 4.69) is 25.5 Å². The molecule has 3 aromatic heterocycles. The first-order chi connectivity index (χ1) is 15.0. The Morgan fingerprint density at radius 2 is 1.94 bits per heavy atom. The van der Waals surface area contributed by atoms with Gasteiger partial charge in [0, 0.05) is 35.4 Å². The van der Waals surface area contributed by atoms with Crippen LogP contribution in [0.15, 0.2) is 53.3 Å². The summed E-state index contributed by atoms with van der Waals surface area (Å²) < 4.78 is 28.5. The highest BCUT2D eigenvalue weighted by molar-refractivity contribution is 7.99. The van der Waals surface area contributed by atoms with Gasteiger partial charge >= 0.3 is 0 Å². The third-order valence-electron chi connectivity index (χ3n) is 4.27. The van der Waals surface area contributed by atoms with Gasteiger partial charge in [0.15, 0.2) is 27.7 Å². The Balaban J connectivity index is 1.40. The number of benzene rings is 1. The number of pyridine rings is 1. The number of anilines is 1. The Morgan fingerprint density at radius 1 is 1.13 bits per heavy atom. The quantitative estimate of drug-likeness (QED) is 0.411. The molecule has 4 aromatic rings. The van der Waals surface area contributed by atoms with Crippen LogP contribution >= 0.6 is 23.1 Å². The second-order valence-corrected chi connectivity index (χ2v) is 8.09. The molecule has 0 bridgehead atoms. The van der Waals surface area contributed by atoms with Gasteiger partial charge in [0.1, 0.15) is 0 Å². The Labute approximate surface area is 184 Å². The van der Waals surface area contributed by atoms with Crippen molar-refractivity contribution < 1.29 is 13.6 Å². The summed E-state index contributed by atoms with van der Waals surface area (Å²) in [5.74, 6) is -1.29. The van der Waals surface area contributed by atoms with E-state index in [-0.39, 0.29) is 11.7 Å². The molecule has 0 atom stereocenters. The van der Waals surface area contributed by atoms with E-state index in [0.29, 0.717) is 33.9 Å². The summed E-state index contributed by atoms with van der Waals surface area (Å²) in [5, 5.41) is 13.8. The first-order valence-corrected chi connectivity index (χ1v) is 11.1. The average Bonchev–Trinajstić information content (AvgIpc) is 3.41. The van der Waals surface area contributed by atoms with Crippen LogP contribution in [0.5, 0.6) is 0 Å². The number of thiazole rings is 1. The lowest BCUT2D eigenvalue weighted by atomic mass is 10.2. The maximum absolute atomic E-state index is 13.4. The van der Waals surface area contributed by atoms with E-state index in [1.807, 2.05) is 23.6 Å². The summed E-state index contributed by atoms with van der Waals surface area (Å²) in [6.07, 6.45) is 3.37. The van der Waals surface area contributed by atoms with Gasteiger partial charge in [0.25, 0.3) is 0 Å². The number of carbonyl (C=O) groups is 1. The van der Waals surface area contributed by atoms with E-state index < -0.39 is 11.6 Å². The molecule has 4 rings (SSSR count). The van der Waals surface area contributed by atoms with Gasteiger partial charge in [-0.05, 0) is 37.3 Å². The minimum Gasteiger partial charge on any atom is -0.302 e. The topological polar surface area (TPSA) is 85.6 Å². The molecule has 158 valence electrons. The van der Waals surface area contributed by atoms with Crippen LogP contribution in [-0.4, -0.2) is 36.4 Å². The van der Waals surface area contributed by atoms with E-state index in [0.717, 1.165) is 17.7 Å². The van der Waals surface area contributed by atoms with Crippen LogP contribution in [0.2, 0.25) is 0 Å². The van der Waals surface area contributed by atoms with Gasteiger partial charge in [-0.3, -0.25) is 9.78 Å². The van der Waals surface area contributed by atoms with Gasteiger partial charge in [-0.2, -0.15) is 0 Å². The van der Waals surface area contributed by atoms with Gasteiger partial charge in [0.2, 0.25) is 5.91 Å². The molecule has 0 radical (unpaired) electrons. The van der Waals surface area contributed by atoms with Gasteiger partial charge in [-0.15, -0.1) is 21.5 Å². The van der Waals surface area contributed by atoms with Crippen molar-refractivity contribution >= 4 is 34.1 Å². The summed E-state index contributed by atoms with van der Waals surface area (Å²) in [6.45, 7) is 2.63. The van der Waals surface area contributed by atoms with Crippen molar-refractivity contribution in [1.82, 2.24) is 24.7 Å². The van der Waals surface area contributed by atoms with Crippen LogP contribution < -0.4 is 5.32 Å². The van der Waals surface area contributed by atoms with Gasteiger partial charge < -0.3 is 9.88 Å². The second kappa shape index (κ2) is 9.31. The zero-order valence-corrected chi connectivity index (χ0v) is 17.9. The number of nitrogens with zero attached hydrogens (tertiary/aromatic N) is 5. The average molecular weight is 459 g/mol. The van der Waals surface area contributed by atoms with Crippen LogP contribution in [0.1, 0.15) is 6.92 Å². The molecule has 0 saturated carbocycles. The molecule has 1 aromatic carbocycles. The molecule has 7 nitrogen and oxygen atoms in total. The highest BCUT2D eigenvalue weighted by Crippen LogP contribution is 2.27. The molecule has 1 amide bonds. The molecule has 0 spiro atoms. The van der Waals surface area contributed by atoms with Crippen molar-refractivity contribution in [3.8, 4) is 22.6 Å². The number of thioether (sulfide) groups is 1. The lowest BCUT2D eigenvalue weighted by molar-refractivity contribution is -0.113. The third-order valence-corrected chi connectivity index (χ3v) is 5.99. The summed E-state index contributed by atoms with van der Waals surface area (Å²) in [7, 11) is 0. The summed E-state index contributed by atoms with van der Waals surface area (Å²) >= 11 is 2.47. The van der Waals surface area contributed by atoms with Crippen molar-refractivity contribution in [2.24, 2.45) is 0 Å². The number of amides is 1. The van der Waals surface area contributed by atoms with Crippen molar-refractivity contribution in [2.75, 3.05) is 11.1 Å². The molecule has 3 heterocycles. The van der Waals surface area contributed by atoms with Crippen molar-refractivity contribution in [3.05, 3.63) is 59.7 Å². The van der Waals surface area contributed by atoms with Crippen molar-refractivity contribution in [1.29, 1.82) is 0 Å². The predicted octanol–water partition coefficient (Wildman–Crippen LogP) is 4.49. The van der Waals surface area contributed by atoms with Crippen molar-refractivity contribution in [3.63, 3.8) is 0 Å². The molecule has 0 aliphatic carbocycles. The Kier molecular flexibility index (Phi) is 6.33. The molecule has 0 aliphatic heterocycles. The Morgan fingerprint density at radius 3 is 2.68 bits per heavy atom. The first kappa shape index (κ1) is 21.1. The summed E-state index contributed by atoms with van der Waals surface area (Å²) in [4.78, 5) is 20.6. The zero-order valence-electron chi connectivity index (χ0n) is 16.2. The molecule has 1 N–H and O–H groups in total. The van der Waals surface area contributed by atoms with Crippen LogP contribution in [0.25, 0.3) is 22.6 Å². The van der Waals surface area contributed by atoms with E-state index in [1.165, 1.54) is 29.2 Å². The standard InChI is InChI=1S/C20H16F2N6OS2/c1-2-28-18(12-5-7-23-8-6-12)26-27-20(28)31-11-17(29)25-19-24-16(10-30-19)13-3-4-14(21)15(22)9-13/h3-10H,2,11H2,1H3,(H,24,25,29). The largest absolute Gasteiger partial charge is 0.302 e. The number of hydrogen-bond donors (Lipinski definition) is 1. The number of nitrogens with one attached hydrogen (secondary N) is 1. The predicted molar refractivity (Wildman–Crippen MR) is 116 cm³/mol. The third kappa shape index (κ3) is 4.78. The van der Waals surface area contributed by atoms with E-state index in [4.69, 9.17) is 0 Å². The Bertz CT molecular complexity index is 1210. The second-order valence-electron chi connectivity index (χ2n) is 6.29. The van der Waals surface area contributed by atoms with E-state index in [9.17, 15) is 13.6 Å². The van der Waals surface area contributed by atoms with Crippen LogP contribution in [0, 0.1) is 11.6 Å². The Hall–Kier alpha value is -3.18. The van der Waals surface area contributed by atoms with Gasteiger partial charge in [-0.1, -0.05) is 11.8 Å². The fourth-order valence-electron chi connectivity index (χ4n) is 2.80. The van der Waals surface area contributed by atoms with Crippen molar-refractivity contribution in [2.45, 2.75) is 18.6 Å². The van der Waals surface area contributed by atoms with E-state index >= 15 is 0 Å². The number of carbonyl (C=O) groups excluding carboxylic acids is 1. The normalized spacial score (nSPS) is 10.9. The smallest absolute Gasteiger partial charge is 0.236 e. The molecule has 0 saturated heterocycles. The van der Waals surface area contributed by atoms with Crippen LogP contribution in [-0.2, 0) is 11.3 Å².